The van der Waals surface area contributed by atoms with Gasteiger partial charge < -0.3 is 14.8 Å². The van der Waals surface area contributed by atoms with Crippen LogP contribution in [0.1, 0.15) is 0 Å². The molecule has 0 unspecified atom stereocenters. The first-order valence-electron chi connectivity index (χ1n) is 9.37. The fourth-order valence-corrected chi connectivity index (χ4v) is 4.21. The van der Waals surface area contributed by atoms with Gasteiger partial charge in [-0.1, -0.05) is 11.6 Å². The smallest absolute Gasteiger partial charge is 0.246 e. The average Bonchev–Trinajstić information content (AvgIpc) is 3.41. The Hall–Kier alpha value is -3.21. The maximum atomic E-state index is 12.7. The topological polar surface area (TPSA) is 94.1 Å². The molecule has 11 heteroatoms. The SMILES string of the molecule is COc1ccc(-c2n[nH]c(=S)n2CC(=O)Nc2nc(-c3ccc(OC)c(Cl)c3)cs2)cc1. The normalized spacial score (nSPS) is 10.7. The van der Waals surface area contributed by atoms with Gasteiger partial charge in [-0.15, -0.1) is 11.3 Å². The third-order valence-electron chi connectivity index (χ3n) is 4.61. The molecule has 0 atom stereocenters. The number of halogens is 1. The lowest BCUT2D eigenvalue weighted by Gasteiger charge is -2.07. The first-order chi connectivity index (χ1) is 15.5. The first kappa shape index (κ1) is 22.0. The van der Waals surface area contributed by atoms with Crippen LogP contribution >= 0.6 is 35.2 Å². The Labute approximate surface area is 197 Å². The van der Waals surface area contributed by atoms with Crippen molar-refractivity contribution in [1.82, 2.24) is 19.7 Å². The van der Waals surface area contributed by atoms with Gasteiger partial charge >= 0.3 is 0 Å². The number of rotatable bonds is 7. The van der Waals surface area contributed by atoms with E-state index in [1.54, 1.807) is 30.9 Å². The molecule has 8 nitrogen and oxygen atoms in total. The fourth-order valence-electron chi connectivity index (χ4n) is 3.02. The summed E-state index contributed by atoms with van der Waals surface area (Å²) in [5.41, 5.74) is 2.33. The molecule has 2 N–H and O–H groups in total. The minimum atomic E-state index is -0.272. The number of methoxy groups -OCH3 is 2. The second kappa shape index (κ2) is 9.51. The van der Waals surface area contributed by atoms with Crippen LogP contribution in [0.4, 0.5) is 5.13 Å². The molecule has 32 heavy (non-hydrogen) atoms. The summed E-state index contributed by atoms with van der Waals surface area (Å²) >= 11 is 12.8. The zero-order chi connectivity index (χ0) is 22.7. The minimum Gasteiger partial charge on any atom is -0.497 e. The van der Waals surface area contributed by atoms with E-state index in [4.69, 9.17) is 33.3 Å². The third kappa shape index (κ3) is 4.67. The number of aromatic amines is 1. The van der Waals surface area contributed by atoms with Crippen LogP contribution < -0.4 is 14.8 Å². The maximum Gasteiger partial charge on any atom is 0.246 e. The molecule has 0 radical (unpaired) electrons. The van der Waals surface area contributed by atoms with Crippen molar-refractivity contribution in [3.8, 4) is 34.1 Å². The highest BCUT2D eigenvalue weighted by molar-refractivity contribution is 7.71. The lowest BCUT2D eigenvalue weighted by Crippen LogP contribution is -2.19. The van der Waals surface area contributed by atoms with E-state index in [1.165, 1.54) is 11.3 Å². The summed E-state index contributed by atoms with van der Waals surface area (Å²) in [5, 5.41) is 12.6. The Kier molecular flexibility index (Phi) is 6.54. The molecule has 2 heterocycles. The molecule has 0 spiro atoms. The number of anilines is 1. The number of thiazole rings is 1. The van der Waals surface area contributed by atoms with E-state index in [0.717, 1.165) is 16.9 Å². The summed E-state index contributed by atoms with van der Waals surface area (Å²) in [5.74, 6) is 1.60. The number of amides is 1. The van der Waals surface area contributed by atoms with Crippen LogP contribution in [-0.2, 0) is 11.3 Å². The van der Waals surface area contributed by atoms with Gasteiger partial charge in [-0.2, -0.15) is 5.10 Å². The molecule has 0 aliphatic carbocycles. The van der Waals surface area contributed by atoms with Crippen molar-refractivity contribution < 1.29 is 14.3 Å². The molecule has 4 rings (SSSR count). The molecule has 0 aliphatic heterocycles. The molecule has 164 valence electrons. The van der Waals surface area contributed by atoms with Crippen LogP contribution in [0.5, 0.6) is 11.5 Å². The highest BCUT2D eigenvalue weighted by Crippen LogP contribution is 2.31. The van der Waals surface area contributed by atoms with Gasteiger partial charge in [0.05, 0.1) is 24.9 Å². The predicted octanol–water partition coefficient (Wildman–Crippen LogP) is 5.04. The first-order valence-corrected chi connectivity index (χ1v) is 11.0. The van der Waals surface area contributed by atoms with E-state index in [-0.39, 0.29) is 12.5 Å². The van der Waals surface area contributed by atoms with E-state index in [2.05, 4.69) is 20.5 Å². The molecular formula is C21H18ClN5O3S2. The molecule has 0 aliphatic rings. The largest absolute Gasteiger partial charge is 0.497 e. The number of H-pyrrole nitrogens is 1. The number of nitrogens with one attached hydrogen (secondary N) is 2. The number of benzene rings is 2. The standard InChI is InChI=1S/C21H18ClN5O3S2/c1-29-14-6-3-12(4-7-14)19-25-26-21(31)27(19)10-18(28)24-20-23-16(11-32-20)13-5-8-17(30-2)15(22)9-13/h3-9,11H,10H2,1-2H3,(H,26,31)(H,23,24,28). The van der Waals surface area contributed by atoms with Crippen molar-refractivity contribution in [1.29, 1.82) is 0 Å². The number of nitrogens with zero attached hydrogens (tertiary/aromatic N) is 3. The van der Waals surface area contributed by atoms with Crippen molar-refractivity contribution in [3.05, 3.63) is 57.6 Å². The molecule has 0 bridgehead atoms. The third-order valence-corrected chi connectivity index (χ3v) is 5.97. The van der Waals surface area contributed by atoms with Gasteiger partial charge in [0.1, 0.15) is 18.0 Å². The van der Waals surface area contributed by atoms with Crippen LogP contribution in [0, 0.1) is 4.77 Å². The van der Waals surface area contributed by atoms with Gasteiger partial charge in [0.2, 0.25) is 5.91 Å². The van der Waals surface area contributed by atoms with Crippen LogP contribution in [0.15, 0.2) is 47.8 Å². The van der Waals surface area contributed by atoms with Crippen LogP contribution in [0.2, 0.25) is 5.02 Å². The summed E-state index contributed by atoms with van der Waals surface area (Å²) in [6.45, 7) is -0.0139. The Bertz CT molecular complexity index is 1310. The quantitative estimate of drug-likeness (QED) is 0.355. The molecule has 0 saturated heterocycles. The fraction of sp³-hybridized carbons (Fsp3) is 0.143. The number of carbonyl (C=O) groups is 1. The average molecular weight is 488 g/mol. The van der Waals surface area contributed by atoms with Crippen molar-refractivity contribution in [2.45, 2.75) is 6.54 Å². The predicted molar refractivity (Wildman–Crippen MR) is 127 cm³/mol. The van der Waals surface area contributed by atoms with Gasteiger partial charge in [-0.3, -0.25) is 14.5 Å². The Balaban J connectivity index is 1.49. The Morgan fingerprint density at radius 1 is 1.19 bits per heavy atom. The number of aromatic nitrogens is 4. The molecular weight excluding hydrogens is 470 g/mol. The molecule has 0 saturated carbocycles. The number of hydrogen-bond donors (Lipinski definition) is 2. The van der Waals surface area contributed by atoms with E-state index in [9.17, 15) is 4.79 Å². The molecule has 0 fully saturated rings. The van der Waals surface area contributed by atoms with Gasteiger partial charge in [0.25, 0.3) is 0 Å². The second-order valence-electron chi connectivity index (χ2n) is 6.60. The number of hydrogen-bond acceptors (Lipinski definition) is 7. The zero-order valence-corrected chi connectivity index (χ0v) is 19.5. The Morgan fingerprint density at radius 3 is 2.62 bits per heavy atom. The molecule has 4 aromatic rings. The summed E-state index contributed by atoms with van der Waals surface area (Å²) in [6, 6.07) is 12.7. The van der Waals surface area contributed by atoms with Gasteiger partial charge in [0, 0.05) is 16.5 Å². The summed E-state index contributed by atoms with van der Waals surface area (Å²) in [6.07, 6.45) is 0. The van der Waals surface area contributed by atoms with Crippen molar-refractivity contribution in [3.63, 3.8) is 0 Å². The number of carbonyl (C=O) groups excluding carboxylic acids is 1. The highest BCUT2D eigenvalue weighted by Gasteiger charge is 2.15. The summed E-state index contributed by atoms with van der Waals surface area (Å²) < 4.78 is 12.3. The van der Waals surface area contributed by atoms with Gasteiger partial charge in [0.15, 0.2) is 15.7 Å². The second-order valence-corrected chi connectivity index (χ2v) is 8.25. The van der Waals surface area contributed by atoms with Crippen molar-refractivity contribution in [2.24, 2.45) is 0 Å². The zero-order valence-electron chi connectivity index (χ0n) is 17.1. The minimum absolute atomic E-state index is 0.0139. The molecule has 2 aromatic carbocycles. The molecule has 2 aromatic heterocycles. The summed E-state index contributed by atoms with van der Waals surface area (Å²) in [7, 11) is 3.16. The van der Waals surface area contributed by atoms with E-state index < -0.39 is 0 Å². The van der Waals surface area contributed by atoms with Crippen molar-refractivity contribution >= 4 is 46.2 Å². The molecule has 1 amide bonds. The lowest BCUT2D eigenvalue weighted by molar-refractivity contribution is -0.116. The Morgan fingerprint density at radius 2 is 1.94 bits per heavy atom. The van der Waals surface area contributed by atoms with E-state index >= 15 is 0 Å². The van der Waals surface area contributed by atoms with Crippen LogP contribution in [-0.4, -0.2) is 39.9 Å². The van der Waals surface area contributed by atoms with Gasteiger partial charge in [-0.25, -0.2) is 4.98 Å². The van der Waals surface area contributed by atoms with Crippen molar-refractivity contribution in [2.75, 3.05) is 19.5 Å². The monoisotopic (exact) mass is 487 g/mol. The highest BCUT2D eigenvalue weighted by atomic mass is 35.5. The number of ether oxygens (including phenoxy) is 2. The maximum absolute atomic E-state index is 12.7. The van der Waals surface area contributed by atoms with E-state index in [1.807, 2.05) is 35.7 Å². The lowest BCUT2D eigenvalue weighted by atomic mass is 10.2. The summed E-state index contributed by atoms with van der Waals surface area (Å²) in [4.78, 5) is 17.2. The van der Waals surface area contributed by atoms with Crippen LogP contribution in [0.25, 0.3) is 22.6 Å². The van der Waals surface area contributed by atoms with E-state index in [0.29, 0.717) is 32.2 Å². The van der Waals surface area contributed by atoms with Crippen LogP contribution in [0.3, 0.4) is 0 Å². The van der Waals surface area contributed by atoms with Gasteiger partial charge in [-0.05, 0) is 54.7 Å².